The second kappa shape index (κ2) is 6.62. The molecule has 1 fully saturated rings. The normalized spacial score (nSPS) is 15.0. The summed E-state index contributed by atoms with van der Waals surface area (Å²) in [6, 6.07) is 5.33. The van der Waals surface area contributed by atoms with E-state index in [2.05, 4.69) is 5.32 Å². The van der Waals surface area contributed by atoms with Gasteiger partial charge in [0.15, 0.2) is 6.61 Å². The molecule has 0 atom stereocenters. The van der Waals surface area contributed by atoms with Gasteiger partial charge in [-0.25, -0.2) is 4.79 Å². The van der Waals surface area contributed by atoms with E-state index in [9.17, 15) is 9.59 Å². The molecule has 6 heteroatoms. The van der Waals surface area contributed by atoms with E-state index in [0.29, 0.717) is 16.2 Å². The van der Waals surface area contributed by atoms with Crippen molar-refractivity contribution >= 4 is 34.4 Å². The van der Waals surface area contributed by atoms with E-state index < -0.39 is 5.97 Å². The number of rotatable bonds is 4. The fraction of sp³-hybridized carbons (Fsp3) is 0.412. The Bertz CT molecular complexity index is 746. The zero-order valence-electron chi connectivity index (χ0n) is 12.9. The van der Waals surface area contributed by atoms with Crippen LogP contribution in [0, 0.1) is 6.92 Å². The summed E-state index contributed by atoms with van der Waals surface area (Å²) in [5.41, 5.74) is 1.22. The summed E-state index contributed by atoms with van der Waals surface area (Å²) >= 11 is 5.95. The van der Waals surface area contributed by atoms with E-state index in [1.54, 1.807) is 25.1 Å². The molecule has 122 valence electrons. The van der Waals surface area contributed by atoms with Crippen LogP contribution in [0.25, 0.3) is 11.0 Å². The molecule has 0 bridgehead atoms. The Balaban J connectivity index is 1.64. The monoisotopic (exact) mass is 335 g/mol. The molecule has 1 aliphatic carbocycles. The molecule has 1 saturated carbocycles. The van der Waals surface area contributed by atoms with Gasteiger partial charge in [-0.1, -0.05) is 24.4 Å². The Labute approximate surface area is 138 Å². The number of halogens is 1. The predicted octanol–water partition coefficient (Wildman–Crippen LogP) is 3.61. The molecule has 1 N–H and O–H groups in total. The second-order valence-electron chi connectivity index (χ2n) is 5.82. The first-order chi connectivity index (χ1) is 11.0. The largest absolute Gasteiger partial charge is 0.450 e. The number of nitrogens with one attached hydrogen (secondary N) is 1. The SMILES string of the molecule is Cc1c(C(=O)OCC(=O)NC2CCCC2)oc2ccc(Cl)cc12. The molecule has 0 aliphatic heterocycles. The zero-order valence-corrected chi connectivity index (χ0v) is 13.6. The molecule has 0 spiro atoms. The summed E-state index contributed by atoms with van der Waals surface area (Å²) in [4.78, 5) is 23.9. The van der Waals surface area contributed by atoms with Gasteiger partial charge >= 0.3 is 5.97 Å². The third kappa shape index (κ3) is 3.50. The molecule has 0 saturated heterocycles. The van der Waals surface area contributed by atoms with Crippen molar-refractivity contribution in [2.45, 2.75) is 38.6 Å². The van der Waals surface area contributed by atoms with Crippen LogP contribution in [0.1, 0.15) is 41.8 Å². The number of hydrogen-bond acceptors (Lipinski definition) is 4. The lowest BCUT2D eigenvalue weighted by molar-refractivity contribution is -0.124. The van der Waals surface area contributed by atoms with Crippen LogP contribution >= 0.6 is 11.6 Å². The van der Waals surface area contributed by atoms with Crippen LogP contribution < -0.4 is 5.32 Å². The van der Waals surface area contributed by atoms with Gasteiger partial charge in [0, 0.05) is 22.0 Å². The van der Waals surface area contributed by atoms with Gasteiger partial charge in [-0.2, -0.15) is 0 Å². The number of furan rings is 1. The molecule has 23 heavy (non-hydrogen) atoms. The molecule has 2 aromatic rings. The molecule has 0 radical (unpaired) electrons. The van der Waals surface area contributed by atoms with E-state index in [1.165, 1.54) is 0 Å². The minimum absolute atomic E-state index is 0.107. The number of carbonyl (C=O) groups is 2. The fourth-order valence-electron chi connectivity index (χ4n) is 2.92. The average molecular weight is 336 g/mol. The Morgan fingerprint density at radius 3 is 2.83 bits per heavy atom. The van der Waals surface area contributed by atoms with Crippen LogP contribution in [-0.4, -0.2) is 24.5 Å². The molecular formula is C17H18ClNO4. The highest BCUT2D eigenvalue weighted by atomic mass is 35.5. The number of amides is 1. The van der Waals surface area contributed by atoms with Gasteiger partial charge in [-0.05, 0) is 38.0 Å². The first kappa shape index (κ1) is 15.9. The van der Waals surface area contributed by atoms with Crippen LogP contribution in [0.2, 0.25) is 5.02 Å². The van der Waals surface area contributed by atoms with Gasteiger partial charge < -0.3 is 14.5 Å². The van der Waals surface area contributed by atoms with Crippen molar-refractivity contribution in [3.8, 4) is 0 Å². The van der Waals surface area contributed by atoms with Gasteiger partial charge in [0.1, 0.15) is 5.58 Å². The van der Waals surface area contributed by atoms with Crippen LogP contribution in [0.15, 0.2) is 22.6 Å². The van der Waals surface area contributed by atoms with E-state index in [-0.39, 0.29) is 24.3 Å². The van der Waals surface area contributed by atoms with E-state index in [0.717, 1.165) is 31.1 Å². The number of benzene rings is 1. The number of esters is 1. The van der Waals surface area contributed by atoms with Crippen molar-refractivity contribution in [3.05, 3.63) is 34.5 Å². The fourth-order valence-corrected chi connectivity index (χ4v) is 3.10. The number of carbonyl (C=O) groups excluding carboxylic acids is 2. The molecule has 1 aromatic heterocycles. The summed E-state index contributed by atoms with van der Waals surface area (Å²) in [5, 5.41) is 4.20. The average Bonchev–Trinajstić information content (AvgIpc) is 3.14. The molecule has 1 aliphatic rings. The summed E-state index contributed by atoms with van der Waals surface area (Å²) in [6.07, 6.45) is 4.24. The third-order valence-corrected chi connectivity index (χ3v) is 4.37. The standard InChI is InChI=1S/C17H18ClNO4/c1-10-13-8-11(18)6-7-14(13)23-16(10)17(21)22-9-15(20)19-12-4-2-3-5-12/h6-8,12H,2-5,9H2,1H3,(H,19,20). The summed E-state index contributed by atoms with van der Waals surface area (Å²) < 4.78 is 10.6. The van der Waals surface area contributed by atoms with E-state index in [4.69, 9.17) is 20.8 Å². The summed E-state index contributed by atoms with van der Waals surface area (Å²) in [5.74, 6) is -0.811. The Kier molecular flexibility index (Phi) is 4.57. The molecular weight excluding hydrogens is 318 g/mol. The molecule has 1 heterocycles. The van der Waals surface area contributed by atoms with Crippen molar-refractivity contribution in [2.24, 2.45) is 0 Å². The maximum absolute atomic E-state index is 12.1. The minimum atomic E-state index is -0.642. The second-order valence-corrected chi connectivity index (χ2v) is 6.26. The van der Waals surface area contributed by atoms with Gasteiger partial charge in [-0.15, -0.1) is 0 Å². The van der Waals surface area contributed by atoms with Crippen LogP contribution in [0.3, 0.4) is 0 Å². The topological polar surface area (TPSA) is 68.5 Å². The molecule has 0 unspecified atom stereocenters. The highest BCUT2D eigenvalue weighted by Crippen LogP contribution is 2.28. The van der Waals surface area contributed by atoms with Crippen LogP contribution in [-0.2, 0) is 9.53 Å². The Morgan fingerprint density at radius 1 is 1.35 bits per heavy atom. The lowest BCUT2D eigenvalue weighted by atomic mass is 10.1. The molecule has 1 amide bonds. The molecule has 1 aromatic carbocycles. The van der Waals surface area contributed by atoms with Crippen molar-refractivity contribution < 1.29 is 18.7 Å². The smallest absolute Gasteiger partial charge is 0.375 e. The molecule has 5 nitrogen and oxygen atoms in total. The van der Waals surface area contributed by atoms with Crippen molar-refractivity contribution in [1.29, 1.82) is 0 Å². The maximum atomic E-state index is 12.1. The zero-order chi connectivity index (χ0) is 16.4. The molecule has 3 rings (SSSR count). The third-order valence-electron chi connectivity index (χ3n) is 4.14. The number of aryl methyl sites for hydroxylation is 1. The van der Waals surface area contributed by atoms with E-state index >= 15 is 0 Å². The van der Waals surface area contributed by atoms with Crippen molar-refractivity contribution in [3.63, 3.8) is 0 Å². The lowest BCUT2D eigenvalue weighted by Crippen LogP contribution is -2.35. The van der Waals surface area contributed by atoms with Gasteiger partial charge in [-0.3, -0.25) is 4.79 Å². The van der Waals surface area contributed by atoms with Crippen molar-refractivity contribution in [2.75, 3.05) is 6.61 Å². The van der Waals surface area contributed by atoms with E-state index in [1.807, 2.05) is 0 Å². The maximum Gasteiger partial charge on any atom is 0.375 e. The van der Waals surface area contributed by atoms with Gasteiger partial charge in [0.2, 0.25) is 5.76 Å². The van der Waals surface area contributed by atoms with Gasteiger partial charge in [0.05, 0.1) is 0 Å². The first-order valence-electron chi connectivity index (χ1n) is 7.70. The van der Waals surface area contributed by atoms with Gasteiger partial charge in [0.25, 0.3) is 5.91 Å². The summed E-state index contributed by atoms with van der Waals surface area (Å²) in [7, 11) is 0. The predicted molar refractivity (Wildman–Crippen MR) is 86.6 cm³/mol. The highest BCUT2D eigenvalue weighted by Gasteiger charge is 2.21. The Hall–Kier alpha value is -2.01. The quantitative estimate of drug-likeness (QED) is 0.867. The first-order valence-corrected chi connectivity index (χ1v) is 8.07. The Morgan fingerprint density at radius 2 is 2.09 bits per heavy atom. The van der Waals surface area contributed by atoms with Crippen molar-refractivity contribution in [1.82, 2.24) is 5.32 Å². The van der Waals surface area contributed by atoms with Crippen LogP contribution in [0.4, 0.5) is 0 Å². The lowest BCUT2D eigenvalue weighted by Gasteiger charge is -2.11. The number of hydrogen-bond donors (Lipinski definition) is 1. The summed E-state index contributed by atoms with van der Waals surface area (Å²) in [6.45, 7) is 1.46. The van der Waals surface area contributed by atoms with Crippen LogP contribution in [0.5, 0.6) is 0 Å². The highest BCUT2D eigenvalue weighted by molar-refractivity contribution is 6.31. The number of fused-ring (bicyclic) bond motifs is 1. The minimum Gasteiger partial charge on any atom is -0.450 e. The number of ether oxygens (including phenoxy) is 1.